The summed E-state index contributed by atoms with van der Waals surface area (Å²) in [7, 11) is 0. The molecule has 2 aliphatic rings. The molecule has 2 fully saturated rings. The van der Waals surface area contributed by atoms with Gasteiger partial charge in [0, 0.05) is 6.42 Å². The highest BCUT2D eigenvalue weighted by Gasteiger charge is 2.57. The van der Waals surface area contributed by atoms with Gasteiger partial charge in [-0.2, -0.15) is 0 Å². The Balaban J connectivity index is 2.36. The van der Waals surface area contributed by atoms with E-state index in [4.69, 9.17) is 4.74 Å². The normalized spacial score (nSPS) is 43.5. The Morgan fingerprint density at radius 3 is 2.48 bits per heavy atom. The molecule has 0 radical (unpaired) electrons. The van der Waals surface area contributed by atoms with Crippen LogP contribution in [-0.4, -0.2) is 22.3 Å². The van der Waals surface area contributed by atoms with E-state index in [-0.39, 0.29) is 23.0 Å². The smallest absolute Gasteiger partial charge is 0.303 e. The maximum Gasteiger partial charge on any atom is 0.303 e. The van der Waals surface area contributed by atoms with Gasteiger partial charge in [0.05, 0.1) is 11.2 Å². The quantitative estimate of drug-likeness (QED) is 0.727. The molecule has 0 unspecified atom stereocenters. The van der Waals surface area contributed by atoms with Gasteiger partial charge in [0.1, 0.15) is 0 Å². The molecule has 2 rings (SSSR count). The molecular formula is C20H32O3. The Bertz CT molecular complexity index is 511. The van der Waals surface area contributed by atoms with Crippen molar-refractivity contribution in [1.29, 1.82) is 0 Å². The van der Waals surface area contributed by atoms with Crippen LogP contribution < -0.4 is 0 Å². The molecule has 1 aliphatic carbocycles. The first-order chi connectivity index (χ1) is 10.6. The second kappa shape index (κ2) is 6.08. The van der Waals surface area contributed by atoms with E-state index in [1.807, 2.05) is 6.08 Å². The maximum atomic E-state index is 11.2. The molecule has 3 nitrogen and oxygen atoms in total. The van der Waals surface area contributed by atoms with E-state index in [1.54, 1.807) is 0 Å². The van der Waals surface area contributed by atoms with E-state index in [9.17, 15) is 9.90 Å². The lowest BCUT2D eigenvalue weighted by atomic mass is 9.51. The first-order valence-electron chi connectivity index (χ1n) is 8.77. The number of ether oxygens (including phenoxy) is 1. The number of aliphatic carboxylic acids is 1. The molecule has 0 aromatic rings. The Morgan fingerprint density at radius 1 is 1.30 bits per heavy atom. The predicted molar refractivity (Wildman–Crippen MR) is 93.3 cm³/mol. The zero-order chi connectivity index (χ0) is 17.5. The topological polar surface area (TPSA) is 46.5 Å². The van der Waals surface area contributed by atoms with Crippen LogP contribution in [0.5, 0.6) is 0 Å². The Hall–Kier alpha value is -1.09. The lowest BCUT2D eigenvalue weighted by Gasteiger charge is -2.61. The lowest BCUT2D eigenvalue weighted by molar-refractivity contribution is -0.234. The van der Waals surface area contributed by atoms with Gasteiger partial charge in [-0.05, 0) is 70.1 Å². The number of carboxylic acid groups (broad SMARTS) is 1. The van der Waals surface area contributed by atoms with Gasteiger partial charge in [-0.15, -0.1) is 6.58 Å². The van der Waals surface area contributed by atoms with E-state index in [2.05, 4.69) is 40.9 Å². The van der Waals surface area contributed by atoms with Crippen LogP contribution in [0.2, 0.25) is 0 Å². The van der Waals surface area contributed by atoms with Crippen molar-refractivity contribution >= 4 is 5.97 Å². The number of carboxylic acids is 1. The fourth-order valence-corrected chi connectivity index (χ4v) is 5.32. The van der Waals surface area contributed by atoms with Crippen LogP contribution in [0.1, 0.15) is 66.2 Å². The number of rotatable bonds is 5. The van der Waals surface area contributed by atoms with Crippen molar-refractivity contribution in [3.8, 4) is 0 Å². The third kappa shape index (κ3) is 3.26. The second-order valence-corrected chi connectivity index (χ2v) is 8.36. The summed E-state index contributed by atoms with van der Waals surface area (Å²) in [5, 5.41) is 9.20. The Kier molecular flexibility index (Phi) is 4.83. The van der Waals surface area contributed by atoms with Gasteiger partial charge < -0.3 is 9.84 Å². The van der Waals surface area contributed by atoms with Crippen molar-refractivity contribution in [1.82, 2.24) is 0 Å². The predicted octanol–water partition coefficient (Wildman–Crippen LogP) is 4.97. The largest absolute Gasteiger partial charge is 0.481 e. The van der Waals surface area contributed by atoms with Crippen LogP contribution in [0.25, 0.3) is 0 Å². The minimum absolute atomic E-state index is 0.0697. The van der Waals surface area contributed by atoms with Crippen molar-refractivity contribution in [2.45, 2.75) is 77.4 Å². The standard InChI is InChI=1S/C20H32O3/c1-7-18(4)11-9-16-19(5,12-10-17(21)22)15(14(2)3)8-13-20(16,6)23-18/h7,15-16H,1-2,8-13H2,3-6H3,(H,21,22)/t15-,16+,18-,19-,20+/m1/s1. The van der Waals surface area contributed by atoms with Gasteiger partial charge in [-0.1, -0.05) is 25.2 Å². The van der Waals surface area contributed by atoms with E-state index in [1.165, 1.54) is 5.57 Å². The molecule has 1 heterocycles. The molecule has 5 atom stereocenters. The highest BCUT2D eigenvalue weighted by atomic mass is 16.5. The van der Waals surface area contributed by atoms with Gasteiger partial charge in [0.25, 0.3) is 0 Å². The fourth-order valence-electron chi connectivity index (χ4n) is 5.32. The van der Waals surface area contributed by atoms with E-state index >= 15 is 0 Å². The van der Waals surface area contributed by atoms with Crippen LogP contribution in [0, 0.1) is 17.3 Å². The summed E-state index contributed by atoms with van der Waals surface area (Å²) < 4.78 is 6.55. The van der Waals surface area contributed by atoms with Gasteiger partial charge in [0.15, 0.2) is 0 Å². The van der Waals surface area contributed by atoms with Crippen molar-refractivity contribution in [2.75, 3.05) is 0 Å². The summed E-state index contributed by atoms with van der Waals surface area (Å²) in [4.78, 5) is 11.2. The van der Waals surface area contributed by atoms with Crippen molar-refractivity contribution < 1.29 is 14.6 Å². The van der Waals surface area contributed by atoms with Crippen LogP contribution in [0.4, 0.5) is 0 Å². The third-order valence-corrected chi connectivity index (χ3v) is 6.56. The summed E-state index contributed by atoms with van der Waals surface area (Å²) in [6.45, 7) is 16.8. The molecule has 1 aliphatic heterocycles. The zero-order valence-corrected chi connectivity index (χ0v) is 15.2. The second-order valence-electron chi connectivity index (χ2n) is 8.36. The summed E-state index contributed by atoms with van der Waals surface area (Å²) in [5.41, 5.74) is 0.631. The zero-order valence-electron chi connectivity index (χ0n) is 15.2. The molecule has 23 heavy (non-hydrogen) atoms. The number of fused-ring (bicyclic) bond motifs is 1. The Labute approximate surface area is 140 Å². The Morgan fingerprint density at radius 2 is 1.96 bits per heavy atom. The van der Waals surface area contributed by atoms with E-state index in [0.717, 1.165) is 25.7 Å². The van der Waals surface area contributed by atoms with Gasteiger partial charge in [0.2, 0.25) is 0 Å². The van der Waals surface area contributed by atoms with Crippen LogP contribution >= 0.6 is 0 Å². The van der Waals surface area contributed by atoms with Crippen molar-refractivity contribution in [3.63, 3.8) is 0 Å². The molecule has 0 spiro atoms. The number of hydrogen-bond acceptors (Lipinski definition) is 2. The molecular weight excluding hydrogens is 288 g/mol. The van der Waals surface area contributed by atoms with Crippen LogP contribution in [-0.2, 0) is 9.53 Å². The van der Waals surface area contributed by atoms with Crippen molar-refractivity contribution in [2.24, 2.45) is 17.3 Å². The molecule has 0 bridgehead atoms. The van der Waals surface area contributed by atoms with Crippen LogP contribution in [0.3, 0.4) is 0 Å². The summed E-state index contributed by atoms with van der Waals surface area (Å²) in [5.74, 6) is 0.0149. The molecule has 0 aromatic carbocycles. The summed E-state index contributed by atoms with van der Waals surface area (Å²) in [6, 6.07) is 0. The molecule has 3 heteroatoms. The molecule has 1 saturated heterocycles. The van der Waals surface area contributed by atoms with Gasteiger partial charge in [-0.3, -0.25) is 4.79 Å². The van der Waals surface area contributed by atoms with E-state index < -0.39 is 5.97 Å². The average molecular weight is 320 g/mol. The maximum absolute atomic E-state index is 11.2. The third-order valence-electron chi connectivity index (χ3n) is 6.56. The molecule has 130 valence electrons. The fraction of sp³-hybridized carbons (Fsp3) is 0.750. The number of carbonyl (C=O) groups is 1. The highest BCUT2D eigenvalue weighted by Crippen LogP contribution is 2.60. The van der Waals surface area contributed by atoms with Gasteiger partial charge >= 0.3 is 5.97 Å². The van der Waals surface area contributed by atoms with E-state index in [0.29, 0.717) is 18.3 Å². The number of hydrogen-bond donors (Lipinski definition) is 1. The summed E-state index contributed by atoms with van der Waals surface area (Å²) in [6.07, 6.45) is 6.85. The molecule has 1 N–H and O–H groups in total. The molecule has 1 saturated carbocycles. The first kappa shape index (κ1) is 18.3. The highest BCUT2D eigenvalue weighted by molar-refractivity contribution is 5.66. The minimum atomic E-state index is -0.716. The van der Waals surface area contributed by atoms with Gasteiger partial charge in [-0.25, -0.2) is 0 Å². The summed E-state index contributed by atoms with van der Waals surface area (Å²) >= 11 is 0. The molecule has 0 aromatic heterocycles. The lowest BCUT2D eigenvalue weighted by Crippen LogP contribution is -2.59. The van der Waals surface area contributed by atoms with Crippen LogP contribution in [0.15, 0.2) is 24.8 Å². The SMILES string of the molecule is C=C[C@]1(C)CC[C@H]2[C@](C)(CCC(=O)O)[C@@H](C(=C)C)CC[C@]2(C)O1. The number of allylic oxidation sites excluding steroid dienone is 1. The van der Waals surface area contributed by atoms with Crippen molar-refractivity contribution in [3.05, 3.63) is 24.8 Å². The molecule has 0 amide bonds. The monoisotopic (exact) mass is 320 g/mol. The minimum Gasteiger partial charge on any atom is -0.481 e. The first-order valence-corrected chi connectivity index (χ1v) is 8.77. The average Bonchev–Trinajstić information content (AvgIpc) is 2.44.